The van der Waals surface area contributed by atoms with Gasteiger partial charge in [-0.25, -0.2) is 10.2 Å². The molecule has 0 spiro atoms. The Bertz CT molecular complexity index is 1230. The van der Waals surface area contributed by atoms with Crippen LogP contribution in [0.3, 0.4) is 0 Å². The fourth-order valence-electron chi connectivity index (χ4n) is 2.89. The zero-order chi connectivity index (χ0) is 25.2. The summed E-state index contributed by atoms with van der Waals surface area (Å²) in [7, 11) is 4.44. The van der Waals surface area contributed by atoms with E-state index in [-0.39, 0.29) is 17.9 Å². The summed E-state index contributed by atoms with van der Waals surface area (Å²) in [5.41, 5.74) is 3.28. The van der Waals surface area contributed by atoms with Gasteiger partial charge in [0.05, 0.1) is 37.6 Å². The Labute approximate surface area is 210 Å². The monoisotopic (exact) mass is 542 g/mol. The lowest BCUT2D eigenvalue weighted by molar-refractivity contribution is -0.123. The molecule has 1 N–H and O–H groups in total. The largest absolute Gasteiger partial charge is 0.493 e. The lowest BCUT2D eigenvalue weighted by atomic mass is 10.2. The number of ether oxygens (including phenoxy) is 5. The Kier molecular flexibility index (Phi) is 9.08. The number of esters is 1. The van der Waals surface area contributed by atoms with Gasteiger partial charge in [0.2, 0.25) is 0 Å². The second-order valence-electron chi connectivity index (χ2n) is 6.88. The summed E-state index contributed by atoms with van der Waals surface area (Å²) < 4.78 is 27.4. The van der Waals surface area contributed by atoms with Crippen LogP contribution in [0.15, 0.2) is 70.2 Å². The molecule has 0 aliphatic carbocycles. The van der Waals surface area contributed by atoms with Crippen LogP contribution in [-0.2, 0) is 4.79 Å². The van der Waals surface area contributed by atoms with Crippen LogP contribution < -0.4 is 29.1 Å². The summed E-state index contributed by atoms with van der Waals surface area (Å²) >= 11 is 3.35. The maximum Gasteiger partial charge on any atom is 0.343 e. The highest BCUT2D eigenvalue weighted by Gasteiger charge is 2.15. The van der Waals surface area contributed by atoms with E-state index in [2.05, 4.69) is 26.5 Å². The maximum atomic E-state index is 12.6. The number of hydrogen-bond donors (Lipinski definition) is 1. The number of carbonyl (C=O) groups is 2. The number of carbonyl (C=O) groups excluding carboxylic acids is 2. The van der Waals surface area contributed by atoms with E-state index in [0.29, 0.717) is 28.6 Å². The van der Waals surface area contributed by atoms with Crippen LogP contribution in [0.4, 0.5) is 0 Å². The molecule has 0 fully saturated rings. The molecule has 0 heterocycles. The smallest absolute Gasteiger partial charge is 0.343 e. The molecule has 10 heteroatoms. The molecule has 3 aromatic rings. The third-order valence-electron chi connectivity index (χ3n) is 4.61. The summed E-state index contributed by atoms with van der Waals surface area (Å²) in [4.78, 5) is 24.6. The van der Waals surface area contributed by atoms with Crippen LogP contribution in [0.25, 0.3) is 0 Å². The number of halogens is 1. The van der Waals surface area contributed by atoms with Gasteiger partial charge >= 0.3 is 5.97 Å². The molecule has 0 bridgehead atoms. The molecule has 3 rings (SSSR count). The van der Waals surface area contributed by atoms with Gasteiger partial charge < -0.3 is 23.7 Å². The van der Waals surface area contributed by atoms with Gasteiger partial charge in [-0.3, -0.25) is 4.79 Å². The van der Waals surface area contributed by atoms with E-state index < -0.39 is 11.9 Å². The fourth-order valence-corrected chi connectivity index (χ4v) is 3.29. The van der Waals surface area contributed by atoms with E-state index in [9.17, 15) is 9.59 Å². The van der Waals surface area contributed by atoms with Gasteiger partial charge in [0.25, 0.3) is 5.91 Å². The number of para-hydroxylation sites is 1. The van der Waals surface area contributed by atoms with Gasteiger partial charge in [-0.05, 0) is 70.0 Å². The van der Waals surface area contributed by atoms with E-state index in [1.54, 1.807) is 42.5 Å². The highest BCUT2D eigenvalue weighted by Crippen LogP contribution is 2.31. The van der Waals surface area contributed by atoms with E-state index in [4.69, 9.17) is 23.7 Å². The molecule has 0 aliphatic heterocycles. The molecule has 182 valence electrons. The summed E-state index contributed by atoms with van der Waals surface area (Å²) in [5.74, 6) is 0.963. The normalized spacial score (nSPS) is 10.5. The second kappa shape index (κ2) is 12.4. The number of amides is 1. The summed E-state index contributed by atoms with van der Waals surface area (Å²) in [6.07, 6.45) is 1.43. The van der Waals surface area contributed by atoms with Crippen LogP contribution in [0.5, 0.6) is 28.7 Å². The number of methoxy groups -OCH3 is 3. The minimum absolute atomic E-state index is 0.200. The number of hydrazone groups is 1. The quantitative estimate of drug-likeness (QED) is 0.177. The Morgan fingerprint density at radius 3 is 2.26 bits per heavy atom. The standard InChI is InChI=1S/C25H23BrN2O7/c1-31-20-11-9-17(13-23(20)33-3)25(30)35-21-10-8-16(12-22(21)32-2)14-27-28-24(29)15-34-19-7-5-4-6-18(19)26/h4-14H,15H2,1-3H3,(H,28,29)/b27-14-. The molecular weight excluding hydrogens is 520 g/mol. The third kappa shape index (κ3) is 6.97. The van der Waals surface area contributed by atoms with Crippen LogP contribution in [0.2, 0.25) is 0 Å². The average Bonchev–Trinajstić information content (AvgIpc) is 2.88. The predicted molar refractivity (Wildman–Crippen MR) is 133 cm³/mol. The first-order chi connectivity index (χ1) is 16.9. The summed E-state index contributed by atoms with van der Waals surface area (Å²) in [6, 6.07) is 16.8. The predicted octanol–water partition coefficient (Wildman–Crippen LogP) is 4.22. The molecular formula is C25H23BrN2O7. The van der Waals surface area contributed by atoms with Crippen molar-refractivity contribution >= 4 is 34.0 Å². The average molecular weight is 543 g/mol. The van der Waals surface area contributed by atoms with Crippen LogP contribution in [0, 0.1) is 0 Å². The Balaban J connectivity index is 1.60. The molecule has 0 saturated carbocycles. The topological polar surface area (TPSA) is 105 Å². The van der Waals surface area contributed by atoms with Crippen molar-refractivity contribution in [3.63, 3.8) is 0 Å². The van der Waals surface area contributed by atoms with Crippen LogP contribution in [-0.4, -0.2) is 46.0 Å². The SMILES string of the molecule is COc1ccc(C(=O)Oc2ccc(/C=N\NC(=O)COc3ccccc3Br)cc2OC)cc1OC. The first kappa shape index (κ1) is 25.6. The minimum Gasteiger partial charge on any atom is -0.493 e. The fraction of sp³-hybridized carbons (Fsp3) is 0.160. The van der Waals surface area contributed by atoms with Crippen molar-refractivity contribution in [1.29, 1.82) is 0 Å². The number of hydrogen-bond acceptors (Lipinski definition) is 8. The first-order valence-electron chi connectivity index (χ1n) is 10.3. The Morgan fingerprint density at radius 1 is 0.857 bits per heavy atom. The van der Waals surface area contributed by atoms with E-state index >= 15 is 0 Å². The van der Waals surface area contributed by atoms with Gasteiger partial charge in [0, 0.05) is 0 Å². The number of nitrogens with one attached hydrogen (secondary N) is 1. The number of rotatable bonds is 10. The van der Waals surface area contributed by atoms with Gasteiger partial charge in [-0.15, -0.1) is 0 Å². The van der Waals surface area contributed by atoms with Gasteiger partial charge in [-0.2, -0.15) is 5.10 Å². The van der Waals surface area contributed by atoms with Crippen LogP contribution >= 0.6 is 15.9 Å². The molecule has 9 nitrogen and oxygen atoms in total. The van der Waals surface area contributed by atoms with Crippen molar-refractivity contribution in [2.24, 2.45) is 5.10 Å². The van der Waals surface area contributed by atoms with Gasteiger partial charge in [-0.1, -0.05) is 12.1 Å². The minimum atomic E-state index is -0.594. The zero-order valence-corrected chi connectivity index (χ0v) is 20.8. The zero-order valence-electron chi connectivity index (χ0n) is 19.2. The summed E-state index contributed by atoms with van der Waals surface area (Å²) in [5, 5.41) is 3.92. The van der Waals surface area contributed by atoms with Gasteiger partial charge in [0.15, 0.2) is 29.6 Å². The third-order valence-corrected chi connectivity index (χ3v) is 5.26. The lowest BCUT2D eigenvalue weighted by Gasteiger charge is -2.11. The van der Waals surface area contributed by atoms with Crippen molar-refractivity contribution in [3.8, 4) is 28.7 Å². The van der Waals surface area contributed by atoms with E-state index in [1.807, 2.05) is 12.1 Å². The van der Waals surface area contributed by atoms with Crippen molar-refractivity contribution < 1.29 is 33.3 Å². The number of benzene rings is 3. The molecule has 0 atom stereocenters. The molecule has 0 saturated heterocycles. The highest BCUT2D eigenvalue weighted by atomic mass is 79.9. The lowest BCUT2D eigenvalue weighted by Crippen LogP contribution is -2.24. The van der Waals surface area contributed by atoms with Gasteiger partial charge in [0.1, 0.15) is 5.75 Å². The molecule has 0 aromatic heterocycles. The first-order valence-corrected chi connectivity index (χ1v) is 11.1. The second-order valence-corrected chi connectivity index (χ2v) is 7.74. The molecule has 3 aromatic carbocycles. The Morgan fingerprint density at radius 2 is 1.54 bits per heavy atom. The van der Waals surface area contributed by atoms with Crippen molar-refractivity contribution in [3.05, 3.63) is 76.3 Å². The van der Waals surface area contributed by atoms with E-state index in [0.717, 1.165) is 4.47 Å². The van der Waals surface area contributed by atoms with Crippen molar-refractivity contribution in [2.75, 3.05) is 27.9 Å². The molecule has 0 aliphatic rings. The van der Waals surface area contributed by atoms with E-state index in [1.165, 1.54) is 33.6 Å². The molecule has 35 heavy (non-hydrogen) atoms. The summed E-state index contributed by atoms with van der Waals surface area (Å²) in [6.45, 7) is -0.200. The molecule has 0 unspecified atom stereocenters. The highest BCUT2D eigenvalue weighted by molar-refractivity contribution is 9.10. The van der Waals surface area contributed by atoms with Crippen LogP contribution in [0.1, 0.15) is 15.9 Å². The number of nitrogens with zero attached hydrogens (tertiary/aromatic N) is 1. The Hall–Kier alpha value is -4.05. The van der Waals surface area contributed by atoms with Crippen molar-refractivity contribution in [2.45, 2.75) is 0 Å². The molecule has 0 radical (unpaired) electrons. The molecule has 1 amide bonds. The van der Waals surface area contributed by atoms with Crippen molar-refractivity contribution in [1.82, 2.24) is 5.43 Å². The maximum absolute atomic E-state index is 12.6.